The summed E-state index contributed by atoms with van der Waals surface area (Å²) in [5.74, 6) is 1.58. The first-order valence-electron chi connectivity index (χ1n) is 4.26. The molecule has 3 heteroatoms. The van der Waals surface area contributed by atoms with Crippen LogP contribution in [-0.4, -0.2) is 10.7 Å². The topological polar surface area (TPSA) is 26.0 Å². The molecular formula is C10H11NOS. The van der Waals surface area contributed by atoms with Gasteiger partial charge in [0, 0.05) is 6.92 Å². The monoisotopic (exact) mass is 193 g/mol. The average Bonchev–Trinajstić information content (AvgIpc) is 2.44. The summed E-state index contributed by atoms with van der Waals surface area (Å²) < 4.78 is 5.37. The maximum Gasteiger partial charge on any atom is 0.192 e. The highest BCUT2D eigenvalue weighted by atomic mass is 32.1. The van der Waals surface area contributed by atoms with Crippen LogP contribution in [0.25, 0.3) is 11.1 Å². The molecular weight excluding hydrogens is 182 g/mol. The van der Waals surface area contributed by atoms with E-state index in [0.717, 1.165) is 29.2 Å². The lowest BCUT2D eigenvalue weighted by molar-refractivity contribution is 0.561. The second-order valence-corrected chi connectivity index (χ2v) is 3.46. The van der Waals surface area contributed by atoms with Crippen LogP contribution in [0.1, 0.15) is 11.5 Å². The summed E-state index contributed by atoms with van der Waals surface area (Å²) >= 11 is 4.19. The van der Waals surface area contributed by atoms with E-state index in [1.807, 2.05) is 13.0 Å². The van der Waals surface area contributed by atoms with Crippen molar-refractivity contribution in [3.05, 3.63) is 29.7 Å². The van der Waals surface area contributed by atoms with E-state index in [4.69, 9.17) is 4.42 Å². The number of aromatic nitrogens is 1. The summed E-state index contributed by atoms with van der Waals surface area (Å²) in [4.78, 5) is 4.26. The van der Waals surface area contributed by atoms with E-state index in [0.29, 0.717) is 0 Å². The van der Waals surface area contributed by atoms with Crippen LogP contribution < -0.4 is 0 Å². The van der Waals surface area contributed by atoms with Crippen molar-refractivity contribution in [3.63, 3.8) is 0 Å². The molecule has 0 atom stereocenters. The van der Waals surface area contributed by atoms with Crippen molar-refractivity contribution >= 4 is 23.7 Å². The zero-order chi connectivity index (χ0) is 9.26. The quantitative estimate of drug-likeness (QED) is 0.742. The van der Waals surface area contributed by atoms with Gasteiger partial charge < -0.3 is 4.42 Å². The Morgan fingerprint density at radius 3 is 3.08 bits per heavy atom. The van der Waals surface area contributed by atoms with Crippen LogP contribution in [0.5, 0.6) is 0 Å². The maximum atomic E-state index is 5.37. The van der Waals surface area contributed by atoms with Gasteiger partial charge in [0.1, 0.15) is 5.52 Å². The predicted molar refractivity (Wildman–Crippen MR) is 56.3 cm³/mol. The van der Waals surface area contributed by atoms with Gasteiger partial charge in [-0.2, -0.15) is 12.6 Å². The SMILES string of the molecule is Cc1nc2cc(CCS)ccc2o1. The van der Waals surface area contributed by atoms with Gasteiger partial charge in [0.2, 0.25) is 0 Å². The van der Waals surface area contributed by atoms with E-state index >= 15 is 0 Å². The molecule has 0 N–H and O–H groups in total. The largest absolute Gasteiger partial charge is 0.441 e. The number of hydrogen-bond donors (Lipinski definition) is 1. The Balaban J connectivity index is 2.48. The second kappa shape index (κ2) is 3.42. The Morgan fingerprint density at radius 1 is 1.46 bits per heavy atom. The summed E-state index contributed by atoms with van der Waals surface area (Å²) in [6.45, 7) is 1.86. The third kappa shape index (κ3) is 1.70. The molecule has 0 spiro atoms. The van der Waals surface area contributed by atoms with Crippen LogP contribution in [-0.2, 0) is 6.42 Å². The van der Waals surface area contributed by atoms with E-state index in [1.165, 1.54) is 5.56 Å². The fourth-order valence-electron chi connectivity index (χ4n) is 1.37. The van der Waals surface area contributed by atoms with Crippen LogP contribution >= 0.6 is 12.6 Å². The number of aryl methyl sites for hydroxylation is 2. The minimum Gasteiger partial charge on any atom is -0.441 e. The van der Waals surface area contributed by atoms with Crippen LogP contribution in [0.15, 0.2) is 22.6 Å². The third-order valence-corrected chi connectivity index (χ3v) is 2.18. The highest BCUT2D eigenvalue weighted by Gasteiger charge is 2.01. The van der Waals surface area contributed by atoms with E-state index in [-0.39, 0.29) is 0 Å². The minimum atomic E-state index is 0.720. The van der Waals surface area contributed by atoms with E-state index in [2.05, 4.69) is 29.7 Å². The molecule has 1 aromatic carbocycles. The summed E-state index contributed by atoms with van der Waals surface area (Å²) in [5, 5.41) is 0. The van der Waals surface area contributed by atoms with Crippen LogP contribution in [0.3, 0.4) is 0 Å². The molecule has 13 heavy (non-hydrogen) atoms. The minimum absolute atomic E-state index is 0.720. The Bertz CT molecular complexity index is 422. The number of rotatable bonds is 2. The zero-order valence-electron chi connectivity index (χ0n) is 7.45. The predicted octanol–water partition coefficient (Wildman–Crippen LogP) is 2.61. The van der Waals surface area contributed by atoms with E-state index in [1.54, 1.807) is 0 Å². The number of benzene rings is 1. The molecule has 0 unspecified atom stereocenters. The molecule has 2 rings (SSSR count). The Labute approximate surface area is 82.4 Å². The zero-order valence-corrected chi connectivity index (χ0v) is 8.34. The summed E-state index contributed by atoms with van der Waals surface area (Å²) in [6, 6.07) is 6.08. The molecule has 0 aliphatic carbocycles. The lowest BCUT2D eigenvalue weighted by Gasteiger charge is -1.95. The molecule has 0 fully saturated rings. The van der Waals surface area contributed by atoms with Gasteiger partial charge in [-0.05, 0) is 29.9 Å². The Morgan fingerprint density at radius 2 is 2.31 bits per heavy atom. The molecule has 0 saturated carbocycles. The highest BCUT2D eigenvalue weighted by molar-refractivity contribution is 7.80. The lowest BCUT2D eigenvalue weighted by Crippen LogP contribution is -1.84. The summed E-state index contributed by atoms with van der Waals surface area (Å²) in [6.07, 6.45) is 0.977. The summed E-state index contributed by atoms with van der Waals surface area (Å²) in [7, 11) is 0. The molecule has 0 amide bonds. The van der Waals surface area contributed by atoms with Crippen molar-refractivity contribution in [1.82, 2.24) is 4.98 Å². The Kier molecular flexibility index (Phi) is 2.27. The van der Waals surface area contributed by atoms with Gasteiger partial charge in [-0.1, -0.05) is 6.07 Å². The third-order valence-electron chi connectivity index (χ3n) is 1.96. The number of thiol groups is 1. The summed E-state index contributed by atoms with van der Waals surface area (Å²) in [5.41, 5.74) is 3.06. The van der Waals surface area contributed by atoms with Crippen molar-refractivity contribution < 1.29 is 4.42 Å². The number of oxazole rings is 1. The number of hydrogen-bond acceptors (Lipinski definition) is 3. The number of fused-ring (bicyclic) bond motifs is 1. The van der Waals surface area contributed by atoms with Gasteiger partial charge in [0.05, 0.1) is 0 Å². The molecule has 1 aromatic heterocycles. The number of nitrogens with zero attached hydrogens (tertiary/aromatic N) is 1. The molecule has 0 radical (unpaired) electrons. The smallest absolute Gasteiger partial charge is 0.192 e. The van der Waals surface area contributed by atoms with Crippen molar-refractivity contribution in [1.29, 1.82) is 0 Å². The molecule has 0 bridgehead atoms. The van der Waals surface area contributed by atoms with Gasteiger partial charge >= 0.3 is 0 Å². The molecule has 0 aliphatic rings. The van der Waals surface area contributed by atoms with E-state index < -0.39 is 0 Å². The van der Waals surface area contributed by atoms with Crippen LogP contribution in [0.4, 0.5) is 0 Å². The van der Waals surface area contributed by atoms with Gasteiger partial charge in [-0.15, -0.1) is 0 Å². The van der Waals surface area contributed by atoms with Gasteiger partial charge in [-0.3, -0.25) is 0 Å². The lowest BCUT2D eigenvalue weighted by atomic mass is 10.1. The first kappa shape index (κ1) is 8.63. The van der Waals surface area contributed by atoms with Gasteiger partial charge in [0.15, 0.2) is 11.5 Å². The molecule has 0 aliphatic heterocycles. The van der Waals surface area contributed by atoms with Gasteiger partial charge in [0.25, 0.3) is 0 Å². The standard InChI is InChI=1S/C10H11NOS/c1-7-11-9-6-8(4-5-13)2-3-10(9)12-7/h2-3,6,13H,4-5H2,1H3. The average molecular weight is 193 g/mol. The van der Waals surface area contributed by atoms with Crippen molar-refractivity contribution in [2.45, 2.75) is 13.3 Å². The molecule has 2 aromatic rings. The normalized spacial score (nSPS) is 10.9. The fraction of sp³-hybridized carbons (Fsp3) is 0.300. The first-order chi connectivity index (χ1) is 6.29. The highest BCUT2D eigenvalue weighted by Crippen LogP contribution is 2.17. The van der Waals surface area contributed by atoms with Crippen molar-refractivity contribution in [3.8, 4) is 0 Å². The molecule has 2 nitrogen and oxygen atoms in total. The van der Waals surface area contributed by atoms with Crippen molar-refractivity contribution in [2.75, 3.05) is 5.75 Å². The van der Waals surface area contributed by atoms with Crippen LogP contribution in [0, 0.1) is 6.92 Å². The van der Waals surface area contributed by atoms with Crippen LogP contribution in [0.2, 0.25) is 0 Å². The first-order valence-corrected chi connectivity index (χ1v) is 4.90. The van der Waals surface area contributed by atoms with Crippen molar-refractivity contribution in [2.24, 2.45) is 0 Å². The molecule has 0 saturated heterocycles. The van der Waals surface area contributed by atoms with Gasteiger partial charge in [-0.25, -0.2) is 4.98 Å². The molecule has 1 heterocycles. The Hall–Kier alpha value is -0.960. The molecule has 68 valence electrons. The maximum absolute atomic E-state index is 5.37. The fourth-order valence-corrected chi connectivity index (χ4v) is 1.63. The second-order valence-electron chi connectivity index (χ2n) is 3.01. The van der Waals surface area contributed by atoms with E-state index in [9.17, 15) is 0 Å².